The fraction of sp³-hybridized carbons (Fsp3) is 0.667. The number of benzene rings is 1. The SMILES string of the molecule is COc1ccc2c(c1)N1CCN(CC(=O)N3CCOCC3)CC1C(C(=O)NCC1CC1)C2. The lowest BCUT2D eigenvalue weighted by molar-refractivity contribution is -0.136. The highest BCUT2D eigenvalue weighted by molar-refractivity contribution is 5.82. The van der Waals surface area contributed by atoms with Crippen molar-refractivity contribution >= 4 is 17.5 Å². The molecule has 1 saturated carbocycles. The third-order valence-corrected chi connectivity index (χ3v) is 7.33. The predicted molar refractivity (Wildman–Crippen MR) is 121 cm³/mol. The van der Waals surface area contributed by atoms with E-state index in [4.69, 9.17) is 9.47 Å². The van der Waals surface area contributed by atoms with Crippen molar-refractivity contribution in [2.75, 3.05) is 71.0 Å². The van der Waals surface area contributed by atoms with Crippen molar-refractivity contribution in [3.05, 3.63) is 23.8 Å². The standard InChI is InChI=1S/C24H34N4O4/c1-31-19-5-4-18-12-20(24(30)25-14-17-2-3-17)22-15-26(6-7-28(22)21(18)13-19)16-23(29)27-8-10-32-11-9-27/h4-5,13,17,20,22H,2-3,6-12,14-16H2,1H3,(H,25,30). The Kier molecular flexibility index (Phi) is 6.24. The van der Waals surface area contributed by atoms with Gasteiger partial charge in [0.15, 0.2) is 0 Å². The van der Waals surface area contributed by atoms with E-state index < -0.39 is 0 Å². The number of piperazine rings is 1. The molecule has 8 nitrogen and oxygen atoms in total. The van der Waals surface area contributed by atoms with Crippen LogP contribution in [0.3, 0.4) is 0 Å². The first kappa shape index (κ1) is 21.5. The quantitative estimate of drug-likeness (QED) is 0.701. The van der Waals surface area contributed by atoms with Gasteiger partial charge in [-0.2, -0.15) is 0 Å². The molecule has 4 aliphatic rings. The Hall–Kier alpha value is -2.32. The second-order valence-electron chi connectivity index (χ2n) is 9.48. The number of ether oxygens (including phenoxy) is 2. The summed E-state index contributed by atoms with van der Waals surface area (Å²) in [6, 6.07) is 6.23. The zero-order valence-electron chi connectivity index (χ0n) is 18.9. The minimum Gasteiger partial charge on any atom is -0.497 e. The largest absolute Gasteiger partial charge is 0.497 e. The van der Waals surface area contributed by atoms with E-state index in [0.29, 0.717) is 45.3 Å². The Balaban J connectivity index is 1.32. The van der Waals surface area contributed by atoms with Crippen molar-refractivity contribution in [3.63, 3.8) is 0 Å². The zero-order chi connectivity index (χ0) is 22.1. The van der Waals surface area contributed by atoms with Gasteiger partial charge in [0.25, 0.3) is 0 Å². The maximum absolute atomic E-state index is 13.2. The molecule has 3 fully saturated rings. The highest BCUT2D eigenvalue weighted by Gasteiger charge is 2.42. The Morgan fingerprint density at radius 3 is 2.72 bits per heavy atom. The number of nitrogens with zero attached hydrogens (tertiary/aromatic N) is 3. The molecule has 2 atom stereocenters. The van der Waals surface area contributed by atoms with E-state index in [0.717, 1.165) is 31.8 Å². The summed E-state index contributed by atoms with van der Waals surface area (Å²) < 4.78 is 10.8. The summed E-state index contributed by atoms with van der Waals surface area (Å²) in [5.74, 6) is 1.69. The van der Waals surface area contributed by atoms with Crippen LogP contribution in [0.5, 0.6) is 5.75 Å². The van der Waals surface area contributed by atoms with Gasteiger partial charge >= 0.3 is 0 Å². The van der Waals surface area contributed by atoms with E-state index >= 15 is 0 Å². The molecule has 8 heteroatoms. The second kappa shape index (κ2) is 9.27. The van der Waals surface area contributed by atoms with E-state index in [9.17, 15) is 9.59 Å². The Labute approximate surface area is 189 Å². The lowest BCUT2D eigenvalue weighted by Crippen LogP contribution is -2.62. The zero-order valence-corrected chi connectivity index (χ0v) is 18.9. The van der Waals surface area contributed by atoms with Crippen LogP contribution in [0, 0.1) is 11.8 Å². The van der Waals surface area contributed by atoms with Crippen molar-refractivity contribution in [1.82, 2.24) is 15.1 Å². The van der Waals surface area contributed by atoms with Gasteiger partial charge in [-0.3, -0.25) is 14.5 Å². The highest BCUT2D eigenvalue weighted by Crippen LogP contribution is 2.38. The van der Waals surface area contributed by atoms with Crippen LogP contribution < -0.4 is 15.0 Å². The molecule has 2 saturated heterocycles. The average Bonchev–Trinajstić information content (AvgIpc) is 3.66. The van der Waals surface area contributed by atoms with Gasteiger partial charge in [0.05, 0.1) is 38.8 Å². The highest BCUT2D eigenvalue weighted by atomic mass is 16.5. The summed E-state index contributed by atoms with van der Waals surface area (Å²) >= 11 is 0. The number of hydrogen-bond donors (Lipinski definition) is 1. The third kappa shape index (κ3) is 4.57. The second-order valence-corrected chi connectivity index (χ2v) is 9.48. The molecule has 0 aromatic heterocycles. The smallest absolute Gasteiger partial charge is 0.236 e. The van der Waals surface area contributed by atoms with Gasteiger partial charge in [0.2, 0.25) is 11.8 Å². The molecule has 1 aromatic carbocycles. The molecule has 5 rings (SSSR count). The average molecular weight is 443 g/mol. The van der Waals surface area contributed by atoms with Gasteiger partial charge in [-0.1, -0.05) is 6.07 Å². The molecule has 2 unspecified atom stereocenters. The first-order valence-electron chi connectivity index (χ1n) is 11.9. The molecular formula is C24H34N4O4. The molecule has 2 amide bonds. The first-order chi connectivity index (χ1) is 15.6. The van der Waals surface area contributed by atoms with Crippen LogP contribution in [0.2, 0.25) is 0 Å². The van der Waals surface area contributed by atoms with Crippen molar-refractivity contribution in [2.45, 2.75) is 25.3 Å². The molecule has 0 bridgehead atoms. The van der Waals surface area contributed by atoms with E-state index in [1.165, 1.54) is 24.1 Å². The molecular weight excluding hydrogens is 408 g/mol. The number of hydrogen-bond acceptors (Lipinski definition) is 6. The van der Waals surface area contributed by atoms with Crippen LogP contribution in [0.15, 0.2) is 18.2 Å². The molecule has 1 N–H and O–H groups in total. The van der Waals surface area contributed by atoms with Gasteiger partial charge in [0, 0.05) is 51.0 Å². The van der Waals surface area contributed by atoms with Crippen LogP contribution in [0.25, 0.3) is 0 Å². The van der Waals surface area contributed by atoms with Crippen LogP contribution in [0.4, 0.5) is 5.69 Å². The molecule has 0 radical (unpaired) electrons. The van der Waals surface area contributed by atoms with Gasteiger partial charge in [-0.25, -0.2) is 0 Å². The lowest BCUT2D eigenvalue weighted by Gasteiger charge is -2.49. The van der Waals surface area contributed by atoms with Crippen molar-refractivity contribution in [1.29, 1.82) is 0 Å². The summed E-state index contributed by atoms with van der Waals surface area (Å²) in [5, 5.41) is 3.21. The first-order valence-corrected chi connectivity index (χ1v) is 11.9. The molecule has 3 heterocycles. The fourth-order valence-electron chi connectivity index (χ4n) is 5.21. The summed E-state index contributed by atoms with van der Waals surface area (Å²) in [5.41, 5.74) is 2.37. The monoisotopic (exact) mass is 442 g/mol. The van der Waals surface area contributed by atoms with Crippen LogP contribution >= 0.6 is 0 Å². The Morgan fingerprint density at radius 1 is 1.16 bits per heavy atom. The van der Waals surface area contributed by atoms with E-state index in [1.54, 1.807) is 7.11 Å². The number of carbonyl (C=O) groups excluding carboxylic acids is 2. The number of amides is 2. The predicted octanol–water partition coefficient (Wildman–Crippen LogP) is 0.743. The number of nitrogens with one attached hydrogen (secondary N) is 1. The van der Waals surface area contributed by atoms with Crippen LogP contribution in [-0.2, 0) is 20.7 Å². The van der Waals surface area contributed by atoms with Crippen molar-refractivity contribution < 1.29 is 19.1 Å². The number of methoxy groups -OCH3 is 1. The summed E-state index contributed by atoms with van der Waals surface area (Å²) in [6.45, 7) is 6.08. The van der Waals surface area contributed by atoms with E-state index in [-0.39, 0.29) is 23.8 Å². The van der Waals surface area contributed by atoms with Gasteiger partial charge in [-0.05, 0) is 36.8 Å². The number of fused-ring (bicyclic) bond motifs is 3. The molecule has 174 valence electrons. The molecule has 1 aliphatic carbocycles. The van der Waals surface area contributed by atoms with Crippen molar-refractivity contribution in [2.24, 2.45) is 11.8 Å². The number of anilines is 1. The minimum absolute atomic E-state index is 0.0556. The molecule has 32 heavy (non-hydrogen) atoms. The summed E-state index contributed by atoms with van der Waals surface area (Å²) in [6.07, 6.45) is 3.17. The minimum atomic E-state index is -0.115. The summed E-state index contributed by atoms with van der Waals surface area (Å²) in [7, 11) is 1.69. The fourth-order valence-corrected chi connectivity index (χ4v) is 5.21. The van der Waals surface area contributed by atoms with E-state index in [2.05, 4.69) is 27.2 Å². The lowest BCUT2D eigenvalue weighted by atomic mass is 9.83. The maximum atomic E-state index is 13.2. The van der Waals surface area contributed by atoms with Crippen LogP contribution in [-0.4, -0.2) is 93.8 Å². The normalized spacial score (nSPS) is 25.7. The summed E-state index contributed by atoms with van der Waals surface area (Å²) in [4.78, 5) is 32.6. The number of carbonyl (C=O) groups is 2. The number of rotatable bonds is 6. The third-order valence-electron chi connectivity index (χ3n) is 7.33. The maximum Gasteiger partial charge on any atom is 0.236 e. The number of morpholine rings is 1. The molecule has 3 aliphatic heterocycles. The Morgan fingerprint density at radius 2 is 1.97 bits per heavy atom. The topological polar surface area (TPSA) is 74.3 Å². The van der Waals surface area contributed by atoms with Gasteiger partial charge in [0.1, 0.15) is 5.75 Å². The van der Waals surface area contributed by atoms with E-state index in [1.807, 2.05) is 11.0 Å². The Bertz CT molecular complexity index is 852. The molecule has 0 spiro atoms. The van der Waals surface area contributed by atoms with Crippen molar-refractivity contribution in [3.8, 4) is 5.75 Å². The van der Waals surface area contributed by atoms with Crippen LogP contribution in [0.1, 0.15) is 18.4 Å². The molecule has 1 aromatic rings. The van der Waals surface area contributed by atoms with Gasteiger partial charge < -0.3 is 24.6 Å². The van der Waals surface area contributed by atoms with Gasteiger partial charge in [-0.15, -0.1) is 0 Å².